The molecule has 0 atom stereocenters. The average molecular weight is 292 g/mol. The molecular formula is C13H18N5O3+. The Morgan fingerprint density at radius 2 is 2.19 bits per heavy atom. The van der Waals surface area contributed by atoms with Gasteiger partial charge in [0.2, 0.25) is 0 Å². The van der Waals surface area contributed by atoms with Gasteiger partial charge in [-0.25, -0.2) is 14.0 Å². The number of carbonyl (C=O) groups excluding carboxylic acids is 1. The molecule has 0 radical (unpaired) electrons. The number of hydrogen-bond acceptors (Lipinski definition) is 6. The van der Waals surface area contributed by atoms with Gasteiger partial charge in [-0.3, -0.25) is 0 Å². The van der Waals surface area contributed by atoms with Gasteiger partial charge < -0.3 is 9.47 Å². The van der Waals surface area contributed by atoms with E-state index in [-0.39, 0.29) is 13.2 Å². The number of rotatable bonds is 8. The zero-order valence-corrected chi connectivity index (χ0v) is 11.9. The van der Waals surface area contributed by atoms with E-state index in [4.69, 9.17) is 9.47 Å². The summed E-state index contributed by atoms with van der Waals surface area (Å²) in [5, 5.41) is 10.6. The van der Waals surface area contributed by atoms with E-state index >= 15 is 0 Å². The highest BCUT2D eigenvalue weighted by Gasteiger charge is 2.06. The summed E-state index contributed by atoms with van der Waals surface area (Å²) in [7, 11) is 0. The first kappa shape index (κ1) is 14.9. The minimum atomic E-state index is -0.423. The van der Waals surface area contributed by atoms with Crippen molar-refractivity contribution in [2.75, 3.05) is 13.2 Å². The number of ether oxygens (including phenoxy) is 2. The molecule has 2 heterocycles. The standard InChI is InChI=1S/C13H18N5O3/c1-2-5-17-6-3-12(4-7-17)21-10-13(19)20-9-8-18-11-14-15-16-18/h3-4,6-7,11H,2,5,8-10H2,1H3/q+1. The van der Waals surface area contributed by atoms with Crippen LogP contribution in [0.15, 0.2) is 30.9 Å². The maximum absolute atomic E-state index is 11.5. The number of tetrazole rings is 1. The monoisotopic (exact) mass is 292 g/mol. The summed E-state index contributed by atoms with van der Waals surface area (Å²) >= 11 is 0. The van der Waals surface area contributed by atoms with Crippen molar-refractivity contribution < 1.29 is 18.8 Å². The lowest BCUT2D eigenvalue weighted by Crippen LogP contribution is -2.32. The Morgan fingerprint density at radius 1 is 1.38 bits per heavy atom. The molecule has 0 fully saturated rings. The molecule has 2 rings (SSSR count). The van der Waals surface area contributed by atoms with E-state index in [1.54, 1.807) is 0 Å². The Morgan fingerprint density at radius 3 is 2.86 bits per heavy atom. The molecule has 0 saturated carbocycles. The van der Waals surface area contributed by atoms with Gasteiger partial charge in [0, 0.05) is 18.6 Å². The number of hydrogen-bond donors (Lipinski definition) is 0. The van der Waals surface area contributed by atoms with Gasteiger partial charge in [-0.05, 0) is 10.4 Å². The first-order valence-electron chi connectivity index (χ1n) is 6.76. The van der Waals surface area contributed by atoms with Crippen LogP contribution in [0.2, 0.25) is 0 Å². The SMILES string of the molecule is CCC[n+]1ccc(OCC(=O)OCCn2cnnn2)cc1. The van der Waals surface area contributed by atoms with Gasteiger partial charge in [-0.2, -0.15) is 0 Å². The highest BCUT2D eigenvalue weighted by Crippen LogP contribution is 2.06. The van der Waals surface area contributed by atoms with Crippen LogP contribution in [0.1, 0.15) is 13.3 Å². The fraction of sp³-hybridized carbons (Fsp3) is 0.462. The van der Waals surface area contributed by atoms with Gasteiger partial charge in [0.1, 0.15) is 25.2 Å². The largest absolute Gasteiger partial charge is 0.481 e. The Hall–Kier alpha value is -2.51. The predicted octanol–water partition coefficient (Wildman–Crippen LogP) is -0.00720. The zero-order valence-electron chi connectivity index (χ0n) is 11.9. The summed E-state index contributed by atoms with van der Waals surface area (Å²) in [6.07, 6.45) is 6.36. The van der Waals surface area contributed by atoms with E-state index in [1.165, 1.54) is 11.0 Å². The van der Waals surface area contributed by atoms with Crippen LogP contribution in [0, 0.1) is 0 Å². The number of aromatic nitrogens is 5. The summed E-state index contributed by atoms with van der Waals surface area (Å²) in [6.45, 7) is 3.58. The van der Waals surface area contributed by atoms with E-state index in [0.29, 0.717) is 12.3 Å². The van der Waals surface area contributed by atoms with Crippen molar-refractivity contribution in [3.8, 4) is 5.75 Å². The second-order valence-corrected chi connectivity index (χ2v) is 4.35. The molecule has 0 saturated heterocycles. The Labute approximate surface area is 122 Å². The number of carbonyl (C=O) groups is 1. The Bertz CT molecular complexity index is 541. The molecule has 2 aromatic rings. The molecule has 0 aliphatic heterocycles. The topological polar surface area (TPSA) is 83.0 Å². The summed E-state index contributed by atoms with van der Waals surface area (Å²) < 4.78 is 13.9. The van der Waals surface area contributed by atoms with E-state index in [1.807, 2.05) is 24.5 Å². The molecule has 8 nitrogen and oxygen atoms in total. The van der Waals surface area contributed by atoms with E-state index < -0.39 is 5.97 Å². The summed E-state index contributed by atoms with van der Waals surface area (Å²) in [5.74, 6) is 0.216. The van der Waals surface area contributed by atoms with Crippen molar-refractivity contribution in [3.05, 3.63) is 30.9 Å². The fourth-order valence-corrected chi connectivity index (χ4v) is 1.67. The Balaban J connectivity index is 1.66. The smallest absolute Gasteiger partial charge is 0.344 e. The van der Waals surface area contributed by atoms with Crippen molar-refractivity contribution in [2.45, 2.75) is 26.4 Å². The number of esters is 1. The first-order chi connectivity index (χ1) is 10.3. The van der Waals surface area contributed by atoms with Crippen LogP contribution >= 0.6 is 0 Å². The lowest BCUT2D eigenvalue weighted by atomic mass is 10.4. The van der Waals surface area contributed by atoms with E-state index in [9.17, 15) is 4.79 Å². The zero-order chi connectivity index (χ0) is 14.9. The van der Waals surface area contributed by atoms with Gasteiger partial charge in [0.05, 0.1) is 6.54 Å². The lowest BCUT2D eigenvalue weighted by molar-refractivity contribution is -0.697. The van der Waals surface area contributed by atoms with Crippen LogP contribution in [-0.2, 0) is 22.6 Å². The maximum Gasteiger partial charge on any atom is 0.344 e. The highest BCUT2D eigenvalue weighted by atomic mass is 16.6. The van der Waals surface area contributed by atoms with Gasteiger partial charge in [0.25, 0.3) is 0 Å². The van der Waals surface area contributed by atoms with Gasteiger partial charge >= 0.3 is 5.97 Å². The molecule has 0 unspecified atom stereocenters. The molecule has 0 N–H and O–H groups in total. The molecule has 0 aliphatic carbocycles. The molecule has 0 aromatic carbocycles. The fourth-order valence-electron chi connectivity index (χ4n) is 1.67. The van der Waals surface area contributed by atoms with Crippen molar-refractivity contribution in [3.63, 3.8) is 0 Å². The molecule has 21 heavy (non-hydrogen) atoms. The van der Waals surface area contributed by atoms with Crippen molar-refractivity contribution in [1.29, 1.82) is 0 Å². The van der Waals surface area contributed by atoms with Crippen LogP contribution in [0.4, 0.5) is 0 Å². The molecular weight excluding hydrogens is 274 g/mol. The van der Waals surface area contributed by atoms with Gasteiger partial charge in [-0.15, -0.1) is 5.10 Å². The highest BCUT2D eigenvalue weighted by molar-refractivity contribution is 5.71. The maximum atomic E-state index is 11.5. The van der Waals surface area contributed by atoms with Crippen molar-refractivity contribution >= 4 is 5.97 Å². The third-order valence-corrected chi connectivity index (χ3v) is 2.67. The third-order valence-electron chi connectivity index (χ3n) is 2.67. The minimum Gasteiger partial charge on any atom is -0.481 e. The van der Waals surface area contributed by atoms with E-state index in [0.717, 1.165) is 13.0 Å². The summed E-state index contributed by atoms with van der Waals surface area (Å²) in [4.78, 5) is 11.5. The van der Waals surface area contributed by atoms with Crippen LogP contribution in [0.5, 0.6) is 5.75 Å². The van der Waals surface area contributed by atoms with Crippen LogP contribution in [-0.4, -0.2) is 39.4 Å². The molecule has 112 valence electrons. The van der Waals surface area contributed by atoms with Crippen molar-refractivity contribution in [1.82, 2.24) is 20.2 Å². The van der Waals surface area contributed by atoms with Gasteiger partial charge in [-0.1, -0.05) is 6.92 Å². The minimum absolute atomic E-state index is 0.118. The van der Waals surface area contributed by atoms with Crippen LogP contribution < -0.4 is 9.30 Å². The predicted molar refractivity (Wildman–Crippen MR) is 71.2 cm³/mol. The summed E-state index contributed by atoms with van der Waals surface area (Å²) in [5.41, 5.74) is 0. The van der Waals surface area contributed by atoms with Crippen LogP contribution in [0.3, 0.4) is 0 Å². The molecule has 0 aliphatic rings. The van der Waals surface area contributed by atoms with Crippen LogP contribution in [0.25, 0.3) is 0 Å². The normalized spacial score (nSPS) is 10.3. The quantitative estimate of drug-likeness (QED) is 0.503. The lowest BCUT2D eigenvalue weighted by Gasteiger charge is -2.06. The van der Waals surface area contributed by atoms with Crippen molar-refractivity contribution in [2.24, 2.45) is 0 Å². The number of nitrogens with zero attached hydrogens (tertiary/aromatic N) is 5. The van der Waals surface area contributed by atoms with Gasteiger partial charge in [0.15, 0.2) is 19.0 Å². The molecule has 0 bridgehead atoms. The number of pyridine rings is 1. The Kier molecular flexibility index (Phi) is 5.62. The molecule has 8 heteroatoms. The first-order valence-corrected chi connectivity index (χ1v) is 6.76. The number of aryl methyl sites for hydroxylation is 1. The second kappa shape index (κ2) is 7.93. The molecule has 0 amide bonds. The average Bonchev–Trinajstić information content (AvgIpc) is 3.00. The summed E-state index contributed by atoms with van der Waals surface area (Å²) in [6, 6.07) is 3.65. The molecule has 2 aromatic heterocycles. The third kappa shape index (κ3) is 5.17. The van der Waals surface area contributed by atoms with E-state index in [2.05, 4.69) is 27.0 Å². The second-order valence-electron chi connectivity index (χ2n) is 4.35. The molecule has 0 spiro atoms.